The van der Waals surface area contributed by atoms with Crippen LogP contribution in [0.5, 0.6) is 0 Å². The molecule has 96 valence electrons. The average Bonchev–Trinajstić information content (AvgIpc) is 2.22. The van der Waals surface area contributed by atoms with Crippen LogP contribution in [0.1, 0.15) is 40.0 Å². The first kappa shape index (κ1) is 13.9. The highest BCUT2D eigenvalue weighted by Gasteiger charge is 2.29. The molecule has 0 aromatic carbocycles. The zero-order valence-electron chi connectivity index (χ0n) is 11.2. The monoisotopic (exact) mass is 229 g/mol. The SMILES string of the molecule is CCNC1CCC(C)CC1OC(C)COC. The van der Waals surface area contributed by atoms with Crippen LogP contribution in [-0.2, 0) is 9.47 Å². The molecule has 1 rings (SSSR count). The van der Waals surface area contributed by atoms with Crippen LogP contribution in [0.15, 0.2) is 0 Å². The highest BCUT2D eigenvalue weighted by molar-refractivity contribution is 4.84. The molecule has 0 spiro atoms. The Balaban J connectivity index is 2.43. The maximum atomic E-state index is 6.08. The third-order valence-corrected chi connectivity index (χ3v) is 3.33. The van der Waals surface area contributed by atoms with Gasteiger partial charge in [-0.25, -0.2) is 0 Å². The number of hydrogen-bond acceptors (Lipinski definition) is 3. The second-order valence-corrected chi connectivity index (χ2v) is 5.02. The number of ether oxygens (including phenoxy) is 2. The lowest BCUT2D eigenvalue weighted by Gasteiger charge is -2.36. The molecule has 3 nitrogen and oxygen atoms in total. The molecule has 0 aromatic heterocycles. The van der Waals surface area contributed by atoms with E-state index in [1.165, 1.54) is 19.3 Å². The Morgan fingerprint density at radius 3 is 2.75 bits per heavy atom. The first-order valence-corrected chi connectivity index (χ1v) is 6.55. The molecule has 0 aromatic rings. The van der Waals surface area contributed by atoms with E-state index in [1.54, 1.807) is 7.11 Å². The van der Waals surface area contributed by atoms with Gasteiger partial charge in [0.25, 0.3) is 0 Å². The van der Waals surface area contributed by atoms with E-state index in [-0.39, 0.29) is 6.10 Å². The van der Waals surface area contributed by atoms with Gasteiger partial charge in [0, 0.05) is 13.2 Å². The molecule has 1 fully saturated rings. The smallest absolute Gasteiger partial charge is 0.0784 e. The fraction of sp³-hybridized carbons (Fsp3) is 1.00. The van der Waals surface area contributed by atoms with Crippen molar-refractivity contribution in [2.24, 2.45) is 5.92 Å². The Bertz CT molecular complexity index is 187. The van der Waals surface area contributed by atoms with E-state index in [0.29, 0.717) is 18.8 Å². The van der Waals surface area contributed by atoms with E-state index >= 15 is 0 Å². The lowest BCUT2D eigenvalue weighted by atomic mass is 9.85. The van der Waals surface area contributed by atoms with E-state index in [0.717, 1.165) is 12.5 Å². The van der Waals surface area contributed by atoms with Gasteiger partial charge in [0.05, 0.1) is 18.8 Å². The summed E-state index contributed by atoms with van der Waals surface area (Å²) in [6.07, 6.45) is 4.27. The van der Waals surface area contributed by atoms with E-state index in [4.69, 9.17) is 9.47 Å². The van der Waals surface area contributed by atoms with Crippen LogP contribution in [0.3, 0.4) is 0 Å². The summed E-state index contributed by atoms with van der Waals surface area (Å²) in [5.74, 6) is 0.787. The predicted octanol–water partition coefficient (Wildman–Crippen LogP) is 2.20. The van der Waals surface area contributed by atoms with E-state index in [2.05, 4.69) is 26.1 Å². The third-order valence-electron chi connectivity index (χ3n) is 3.33. The van der Waals surface area contributed by atoms with Crippen LogP contribution in [-0.4, -0.2) is 38.5 Å². The summed E-state index contributed by atoms with van der Waals surface area (Å²) in [5.41, 5.74) is 0. The van der Waals surface area contributed by atoms with Crippen molar-refractivity contribution in [2.75, 3.05) is 20.3 Å². The highest BCUT2D eigenvalue weighted by atomic mass is 16.5. The lowest BCUT2D eigenvalue weighted by molar-refractivity contribution is -0.0722. The quantitative estimate of drug-likeness (QED) is 0.757. The van der Waals surface area contributed by atoms with Crippen LogP contribution in [0.25, 0.3) is 0 Å². The molecule has 4 unspecified atom stereocenters. The number of hydrogen-bond donors (Lipinski definition) is 1. The van der Waals surface area contributed by atoms with Crippen molar-refractivity contribution in [1.82, 2.24) is 5.32 Å². The van der Waals surface area contributed by atoms with Crippen LogP contribution >= 0.6 is 0 Å². The Labute approximate surface area is 99.9 Å². The van der Waals surface area contributed by atoms with Crippen LogP contribution in [0.4, 0.5) is 0 Å². The fourth-order valence-corrected chi connectivity index (χ4v) is 2.55. The number of methoxy groups -OCH3 is 1. The van der Waals surface area contributed by atoms with Gasteiger partial charge in [-0.2, -0.15) is 0 Å². The van der Waals surface area contributed by atoms with E-state index in [9.17, 15) is 0 Å². The van der Waals surface area contributed by atoms with Crippen molar-refractivity contribution in [1.29, 1.82) is 0 Å². The second-order valence-electron chi connectivity index (χ2n) is 5.02. The summed E-state index contributed by atoms with van der Waals surface area (Å²) in [5, 5.41) is 3.54. The van der Waals surface area contributed by atoms with Crippen molar-refractivity contribution in [2.45, 2.75) is 58.3 Å². The lowest BCUT2D eigenvalue weighted by Crippen LogP contribution is -2.46. The highest BCUT2D eigenvalue weighted by Crippen LogP contribution is 2.27. The summed E-state index contributed by atoms with van der Waals surface area (Å²) in [6, 6.07) is 0.528. The molecule has 0 bridgehead atoms. The van der Waals surface area contributed by atoms with E-state index in [1.807, 2.05) is 0 Å². The fourth-order valence-electron chi connectivity index (χ4n) is 2.55. The van der Waals surface area contributed by atoms with Crippen LogP contribution in [0.2, 0.25) is 0 Å². The van der Waals surface area contributed by atoms with Gasteiger partial charge in [-0.1, -0.05) is 13.8 Å². The van der Waals surface area contributed by atoms with Gasteiger partial charge in [-0.05, 0) is 38.6 Å². The largest absolute Gasteiger partial charge is 0.382 e. The minimum absolute atomic E-state index is 0.196. The molecule has 1 N–H and O–H groups in total. The molecule has 4 atom stereocenters. The normalized spacial score (nSPS) is 32.6. The summed E-state index contributed by atoms with van der Waals surface area (Å²) in [7, 11) is 1.73. The number of rotatable bonds is 6. The summed E-state index contributed by atoms with van der Waals surface area (Å²) in [4.78, 5) is 0. The minimum atomic E-state index is 0.196. The van der Waals surface area contributed by atoms with E-state index < -0.39 is 0 Å². The molecular weight excluding hydrogens is 202 g/mol. The predicted molar refractivity (Wildman–Crippen MR) is 66.7 cm³/mol. The molecule has 0 saturated heterocycles. The molecule has 0 heterocycles. The molecule has 3 heteroatoms. The van der Waals surface area contributed by atoms with Crippen molar-refractivity contribution >= 4 is 0 Å². The maximum absolute atomic E-state index is 6.08. The van der Waals surface area contributed by atoms with Gasteiger partial charge in [0.1, 0.15) is 0 Å². The van der Waals surface area contributed by atoms with Gasteiger partial charge in [0.2, 0.25) is 0 Å². The topological polar surface area (TPSA) is 30.5 Å². The molecule has 0 amide bonds. The minimum Gasteiger partial charge on any atom is -0.382 e. The first-order chi connectivity index (χ1) is 7.67. The zero-order valence-corrected chi connectivity index (χ0v) is 11.2. The summed E-state index contributed by atoms with van der Waals surface area (Å²) < 4.78 is 11.2. The summed E-state index contributed by atoms with van der Waals surface area (Å²) in [6.45, 7) is 8.28. The van der Waals surface area contributed by atoms with Crippen molar-refractivity contribution in [3.63, 3.8) is 0 Å². The zero-order chi connectivity index (χ0) is 12.0. The molecule has 0 aliphatic heterocycles. The van der Waals surface area contributed by atoms with Gasteiger partial charge in [-0.15, -0.1) is 0 Å². The standard InChI is InChI=1S/C13H27NO2/c1-5-14-12-7-6-10(2)8-13(12)16-11(3)9-15-4/h10-14H,5-9H2,1-4H3. The number of nitrogens with one attached hydrogen (secondary N) is 1. The Hall–Kier alpha value is -0.120. The molecule has 1 aliphatic carbocycles. The summed E-state index contributed by atoms with van der Waals surface area (Å²) >= 11 is 0. The molecule has 0 radical (unpaired) electrons. The molecule has 16 heavy (non-hydrogen) atoms. The molecule has 1 aliphatic rings. The van der Waals surface area contributed by atoms with Gasteiger partial charge >= 0.3 is 0 Å². The second kappa shape index (κ2) is 7.25. The first-order valence-electron chi connectivity index (χ1n) is 6.55. The van der Waals surface area contributed by atoms with Crippen molar-refractivity contribution in [3.05, 3.63) is 0 Å². The van der Waals surface area contributed by atoms with Crippen LogP contribution < -0.4 is 5.32 Å². The van der Waals surface area contributed by atoms with Crippen molar-refractivity contribution < 1.29 is 9.47 Å². The molecule has 1 saturated carbocycles. The maximum Gasteiger partial charge on any atom is 0.0784 e. The Morgan fingerprint density at radius 2 is 2.12 bits per heavy atom. The average molecular weight is 229 g/mol. The Kier molecular flexibility index (Phi) is 6.32. The molecular formula is C13H27NO2. The van der Waals surface area contributed by atoms with Gasteiger partial charge in [0.15, 0.2) is 0 Å². The third kappa shape index (κ3) is 4.40. The Morgan fingerprint density at radius 1 is 1.38 bits per heavy atom. The van der Waals surface area contributed by atoms with Crippen LogP contribution in [0, 0.1) is 5.92 Å². The number of likely N-dealkylation sites (N-methyl/N-ethyl adjacent to an activating group) is 1. The van der Waals surface area contributed by atoms with Crippen molar-refractivity contribution in [3.8, 4) is 0 Å². The van der Waals surface area contributed by atoms with Gasteiger partial charge in [-0.3, -0.25) is 0 Å². The van der Waals surface area contributed by atoms with Gasteiger partial charge < -0.3 is 14.8 Å².